The molecule has 55 heavy (non-hydrogen) atoms. The minimum Gasteiger partial charge on any atom is -0.457 e. The van der Waals surface area contributed by atoms with Crippen LogP contribution in [0.5, 0.6) is 0 Å². The number of allylic oxidation sites excluding steroid dienone is 14. The summed E-state index contributed by atoms with van der Waals surface area (Å²) in [6.45, 7) is 5.19. The lowest BCUT2D eigenvalue weighted by Gasteiger charge is -2.16. The van der Waals surface area contributed by atoms with Crippen LogP contribution in [0.15, 0.2) is 85.1 Å². The Morgan fingerprint density at radius 2 is 0.818 bits per heavy atom. The molecular formula is C51H88O4. The van der Waals surface area contributed by atoms with Gasteiger partial charge >= 0.3 is 5.97 Å². The number of unbranched alkanes of at least 4 members (excludes halogenated alkanes) is 20. The summed E-state index contributed by atoms with van der Waals surface area (Å²) < 4.78 is 11.2. The fourth-order valence-electron chi connectivity index (χ4n) is 6.27. The van der Waals surface area contributed by atoms with Crippen molar-refractivity contribution in [2.75, 3.05) is 19.8 Å². The van der Waals surface area contributed by atoms with Gasteiger partial charge in [0.25, 0.3) is 0 Å². The second-order valence-electron chi connectivity index (χ2n) is 15.1. The number of hydrogen-bond donors (Lipinski definition) is 1. The highest BCUT2D eigenvalue weighted by atomic mass is 16.6. The quantitative estimate of drug-likeness (QED) is 0.0382. The molecule has 0 aliphatic rings. The van der Waals surface area contributed by atoms with Crippen molar-refractivity contribution < 1.29 is 19.4 Å². The minimum atomic E-state index is -0.546. The summed E-state index contributed by atoms with van der Waals surface area (Å²) in [6, 6.07) is 0. The molecule has 316 valence electrons. The number of aliphatic hydroxyl groups excluding tert-OH is 1. The third kappa shape index (κ3) is 45.9. The molecule has 0 amide bonds. The standard InChI is InChI=1S/C51H88O4/c1-3-5-7-9-11-13-15-17-19-21-22-23-24-25-26-27-28-29-31-33-35-37-39-41-43-45-47-54-49-50(48-52)55-51(53)46-44-42-40-38-36-34-32-30-20-18-16-14-12-10-8-6-4-2/h5,7,11-14,17-20,22-23,25-26,50,52H,3-4,6,8-10,15-16,21,24,27-49H2,1-2H3/b7-5-,13-11-,14-12-,19-17-,20-18-,23-22-,26-25-. The minimum absolute atomic E-state index is 0.180. The molecule has 1 unspecified atom stereocenters. The normalized spacial score (nSPS) is 13.1. The molecule has 0 radical (unpaired) electrons. The highest BCUT2D eigenvalue weighted by Gasteiger charge is 2.13. The fourth-order valence-corrected chi connectivity index (χ4v) is 6.27. The average Bonchev–Trinajstić information content (AvgIpc) is 3.19. The number of rotatable bonds is 42. The number of ether oxygens (including phenoxy) is 2. The van der Waals surface area contributed by atoms with E-state index in [2.05, 4.69) is 98.9 Å². The van der Waals surface area contributed by atoms with Gasteiger partial charge in [-0.1, -0.05) is 195 Å². The lowest BCUT2D eigenvalue weighted by atomic mass is 10.1. The van der Waals surface area contributed by atoms with Crippen molar-refractivity contribution in [2.45, 2.75) is 213 Å². The average molecular weight is 765 g/mol. The molecule has 0 saturated heterocycles. The van der Waals surface area contributed by atoms with Crippen LogP contribution >= 0.6 is 0 Å². The Bertz CT molecular complexity index is 985. The third-order valence-electron chi connectivity index (χ3n) is 9.70. The second kappa shape index (κ2) is 47.7. The Hall–Kier alpha value is -2.43. The molecular weight excluding hydrogens is 677 g/mol. The topological polar surface area (TPSA) is 55.8 Å². The van der Waals surface area contributed by atoms with Crippen molar-refractivity contribution in [1.29, 1.82) is 0 Å². The summed E-state index contributed by atoms with van der Waals surface area (Å²) in [7, 11) is 0. The smallest absolute Gasteiger partial charge is 0.306 e. The molecule has 0 bridgehead atoms. The van der Waals surface area contributed by atoms with E-state index in [9.17, 15) is 9.90 Å². The van der Waals surface area contributed by atoms with Crippen LogP contribution in [-0.2, 0) is 14.3 Å². The molecule has 1 atom stereocenters. The first kappa shape index (κ1) is 52.6. The van der Waals surface area contributed by atoms with Crippen molar-refractivity contribution >= 4 is 5.97 Å². The van der Waals surface area contributed by atoms with Crippen molar-refractivity contribution in [3.8, 4) is 0 Å². The van der Waals surface area contributed by atoms with E-state index in [1.54, 1.807) is 0 Å². The van der Waals surface area contributed by atoms with Crippen LogP contribution in [0.1, 0.15) is 206 Å². The molecule has 0 saturated carbocycles. The first-order valence-corrected chi connectivity index (χ1v) is 23.2. The number of carbonyl (C=O) groups excluding carboxylic acids is 1. The molecule has 4 heteroatoms. The highest BCUT2D eigenvalue weighted by molar-refractivity contribution is 5.69. The van der Waals surface area contributed by atoms with Crippen LogP contribution in [0.25, 0.3) is 0 Å². The van der Waals surface area contributed by atoms with E-state index in [0.717, 1.165) is 57.8 Å². The van der Waals surface area contributed by atoms with Crippen LogP contribution in [0.3, 0.4) is 0 Å². The van der Waals surface area contributed by atoms with Gasteiger partial charge in [-0.2, -0.15) is 0 Å². The lowest BCUT2D eigenvalue weighted by Crippen LogP contribution is -2.27. The summed E-state index contributed by atoms with van der Waals surface area (Å²) in [5.41, 5.74) is 0. The van der Waals surface area contributed by atoms with Crippen LogP contribution in [0.4, 0.5) is 0 Å². The van der Waals surface area contributed by atoms with Gasteiger partial charge in [0.2, 0.25) is 0 Å². The third-order valence-corrected chi connectivity index (χ3v) is 9.70. The Labute approximate surface area is 341 Å². The SMILES string of the molecule is CC/C=C\C/C=C\C/C=C\C/C=C\C/C=C\CCCCCCCCCCCCOCC(CO)OC(=O)CCCCCCCCC/C=C\C/C=C\CCCCC. The fraction of sp³-hybridized carbons (Fsp3) is 0.706. The van der Waals surface area contributed by atoms with E-state index in [1.165, 1.54) is 128 Å². The second-order valence-corrected chi connectivity index (χ2v) is 15.1. The first-order valence-electron chi connectivity index (χ1n) is 23.2. The molecule has 0 aromatic rings. The van der Waals surface area contributed by atoms with Crippen LogP contribution < -0.4 is 0 Å². The van der Waals surface area contributed by atoms with Gasteiger partial charge in [-0.25, -0.2) is 0 Å². The van der Waals surface area contributed by atoms with Gasteiger partial charge in [-0.05, 0) is 89.9 Å². The molecule has 0 heterocycles. The van der Waals surface area contributed by atoms with E-state index in [-0.39, 0.29) is 19.2 Å². The maximum Gasteiger partial charge on any atom is 0.306 e. The van der Waals surface area contributed by atoms with E-state index < -0.39 is 6.10 Å². The van der Waals surface area contributed by atoms with Gasteiger partial charge in [0.1, 0.15) is 6.10 Å². The maximum absolute atomic E-state index is 12.2. The number of carbonyl (C=O) groups is 1. The van der Waals surface area contributed by atoms with Crippen molar-refractivity contribution in [1.82, 2.24) is 0 Å². The Morgan fingerprint density at radius 1 is 0.455 bits per heavy atom. The van der Waals surface area contributed by atoms with E-state index in [0.29, 0.717) is 13.0 Å². The first-order chi connectivity index (χ1) is 27.2. The lowest BCUT2D eigenvalue weighted by molar-refractivity contribution is -0.154. The Kier molecular flexibility index (Phi) is 45.6. The molecule has 4 nitrogen and oxygen atoms in total. The van der Waals surface area contributed by atoms with E-state index in [4.69, 9.17) is 9.47 Å². The summed E-state index contributed by atoms with van der Waals surface area (Å²) >= 11 is 0. The zero-order chi connectivity index (χ0) is 39.8. The summed E-state index contributed by atoms with van der Waals surface area (Å²) in [4.78, 5) is 12.2. The molecule has 0 fully saturated rings. The maximum atomic E-state index is 12.2. The monoisotopic (exact) mass is 765 g/mol. The van der Waals surface area contributed by atoms with Crippen LogP contribution in [0.2, 0.25) is 0 Å². The Balaban J connectivity index is 3.47. The van der Waals surface area contributed by atoms with Crippen molar-refractivity contribution in [2.24, 2.45) is 0 Å². The summed E-state index contributed by atoms with van der Waals surface area (Å²) in [5, 5.41) is 9.62. The predicted molar refractivity (Wildman–Crippen MR) is 242 cm³/mol. The van der Waals surface area contributed by atoms with Gasteiger partial charge in [0.15, 0.2) is 0 Å². The zero-order valence-corrected chi connectivity index (χ0v) is 36.2. The molecule has 0 rings (SSSR count). The highest BCUT2D eigenvalue weighted by Crippen LogP contribution is 2.13. The van der Waals surface area contributed by atoms with Crippen LogP contribution in [0, 0.1) is 0 Å². The van der Waals surface area contributed by atoms with Gasteiger partial charge in [-0.15, -0.1) is 0 Å². The molecule has 0 aliphatic carbocycles. The van der Waals surface area contributed by atoms with Gasteiger partial charge < -0.3 is 14.6 Å². The van der Waals surface area contributed by atoms with Crippen molar-refractivity contribution in [3.05, 3.63) is 85.1 Å². The zero-order valence-electron chi connectivity index (χ0n) is 36.2. The number of esters is 1. The van der Waals surface area contributed by atoms with E-state index in [1.807, 2.05) is 0 Å². The van der Waals surface area contributed by atoms with Crippen LogP contribution in [-0.4, -0.2) is 37.0 Å². The molecule has 0 aromatic carbocycles. The van der Waals surface area contributed by atoms with Crippen molar-refractivity contribution in [3.63, 3.8) is 0 Å². The molecule has 0 spiro atoms. The van der Waals surface area contributed by atoms with Gasteiger partial charge in [0, 0.05) is 13.0 Å². The largest absolute Gasteiger partial charge is 0.457 e. The molecule has 0 aliphatic heterocycles. The van der Waals surface area contributed by atoms with Gasteiger partial charge in [-0.3, -0.25) is 4.79 Å². The number of hydrogen-bond acceptors (Lipinski definition) is 4. The Morgan fingerprint density at radius 3 is 1.24 bits per heavy atom. The summed E-state index contributed by atoms with van der Waals surface area (Å²) in [6.07, 6.45) is 66.5. The van der Waals surface area contributed by atoms with Gasteiger partial charge in [0.05, 0.1) is 13.2 Å². The summed E-state index contributed by atoms with van der Waals surface area (Å²) in [5.74, 6) is -0.212. The predicted octanol–water partition coefficient (Wildman–Crippen LogP) is 15.5. The molecule has 1 N–H and O–H groups in total. The molecule has 0 aromatic heterocycles. The van der Waals surface area contributed by atoms with E-state index >= 15 is 0 Å². The number of aliphatic hydroxyl groups is 1.